The summed E-state index contributed by atoms with van der Waals surface area (Å²) in [6.07, 6.45) is 7.89. The third kappa shape index (κ3) is 3.78. The maximum absolute atomic E-state index is 12.8. The Bertz CT molecular complexity index is 931. The predicted molar refractivity (Wildman–Crippen MR) is 112 cm³/mol. The van der Waals surface area contributed by atoms with Crippen molar-refractivity contribution in [2.75, 3.05) is 19.6 Å². The summed E-state index contributed by atoms with van der Waals surface area (Å²) in [5, 5.41) is 10.4. The van der Waals surface area contributed by atoms with Gasteiger partial charge in [-0.2, -0.15) is 0 Å². The average molecular weight is 417 g/mol. The Morgan fingerprint density at radius 3 is 2.62 bits per heavy atom. The van der Waals surface area contributed by atoms with Crippen molar-refractivity contribution >= 4 is 23.2 Å². The first-order valence-electron chi connectivity index (χ1n) is 10.9. The number of amides is 1. The van der Waals surface area contributed by atoms with E-state index in [-0.39, 0.29) is 18.1 Å². The highest BCUT2D eigenvalue weighted by Crippen LogP contribution is 2.41. The maximum Gasteiger partial charge on any atom is 0.237 e. The summed E-state index contributed by atoms with van der Waals surface area (Å²) in [5.74, 6) is 0.858. The lowest BCUT2D eigenvalue weighted by Crippen LogP contribution is -2.54. The topological polar surface area (TPSA) is 61.1 Å². The van der Waals surface area contributed by atoms with E-state index in [1.54, 1.807) is 0 Å². The molecule has 1 N–H and O–H groups in total. The lowest BCUT2D eigenvalue weighted by molar-refractivity contribution is -0.140. The molecule has 6 nitrogen and oxygen atoms in total. The molecule has 3 fully saturated rings. The van der Waals surface area contributed by atoms with Crippen molar-refractivity contribution in [3.05, 3.63) is 34.2 Å². The fourth-order valence-electron chi connectivity index (χ4n) is 4.94. The molecule has 7 heteroatoms. The van der Waals surface area contributed by atoms with Gasteiger partial charge in [-0.1, -0.05) is 17.7 Å². The minimum Gasteiger partial charge on any atom is -0.393 e. The Balaban J connectivity index is 1.28. The summed E-state index contributed by atoms with van der Waals surface area (Å²) < 4.78 is 2.02. The Kier molecular flexibility index (Phi) is 5.04. The van der Waals surface area contributed by atoms with Gasteiger partial charge in [0.1, 0.15) is 10.8 Å². The molecular formula is C22H29ClN4O2. The van der Waals surface area contributed by atoms with Crippen molar-refractivity contribution in [1.29, 1.82) is 0 Å². The van der Waals surface area contributed by atoms with Gasteiger partial charge in [0.25, 0.3) is 0 Å². The smallest absolute Gasteiger partial charge is 0.237 e. The Hall–Kier alpha value is -1.63. The highest BCUT2D eigenvalue weighted by molar-refractivity contribution is 6.30. The quantitative estimate of drug-likeness (QED) is 0.831. The zero-order valence-corrected chi connectivity index (χ0v) is 17.7. The molecule has 0 spiro atoms. The van der Waals surface area contributed by atoms with Crippen molar-refractivity contribution in [1.82, 2.24) is 19.2 Å². The number of aliphatic hydroxyl groups excluding tert-OH is 1. The second-order valence-electron chi connectivity index (χ2n) is 9.03. The number of aromatic nitrogens is 2. The number of fused-ring (bicyclic) bond motifs is 1. The van der Waals surface area contributed by atoms with Gasteiger partial charge in [-0.05, 0) is 62.5 Å². The predicted octanol–water partition coefficient (Wildman–Crippen LogP) is 3.12. The number of carbonyl (C=O) groups excluding carboxylic acids is 1. The number of hydrogen-bond donors (Lipinski definition) is 1. The van der Waals surface area contributed by atoms with Crippen LogP contribution in [0.2, 0.25) is 5.15 Å². The third-order valence-electron chi connectivity index (χ3n) is 6.80. The molecule has 5 rings (SSSR count). The number of pyridine rings is 1. The standard InChI is InChI=1S/C22H29ClN4O2/c1-14-10-16(15-2-3-15)11-27-21(23)19(24-22(14)27)12-25-8-9-26(20(29)13-25)17-4-6-18(28)7-5-17/h10-11,15,17-18,28H,2-9,12-13H2,1H3. The van der Waals surface area contributed by atoms with Crippen LogP contribution in [-0.4, -0.2) is 62.0 Å². The molecule has 2 saturated carbocycles. The van der Waals surface area contributed by atoms with Crippen LogP contribution in [0.1, 0.15) is 61.3 Å². The van der Waals surface area contributed by atoms with Crippen molar-refractivity contribution < 1.29 is 9.90 Å². The molecule has 0 unspecified atom stereocenters. The minimum atomic E-state index is -0.191. The summed E-state index contributed by atoms with van der Waals surface area (Å²) >= 11 is 6.70. The van der Waals surface area contributed by atoms with E-state index < -0.39 is 0 Å². The first kappa shape index (κ1) is 19.3. The van der Waals surface area contributed by atoms with Gasteiger partial charge in [0, 0.05) is 31.9 Å². The fraction of sp³-hybridized carbons (Fsp3) is 0.636. The summed E-state index contributed by atoms with van der Waals surface area (Å²) in [6, 6.07) is 2.53. The van der Waals surface area contributed by atoms with Crippen molar-refractivity contribution in [3.8, 4) is 0 Å². The number of nitrogens with zero attached hydrogens (tertiary/aromatic N) is 4. The first-order chi connectivity index (χ1) is 14.0. The van der Waals surface area contributed by atoms with E-state index in [1.807, 2.05) is 9.30 Å². The number of hydrogen-bond acceptors (Lipinski definition) is 4. The first-order valence-corrected chi connectivity index (χ1v) is 11.2. The lowest BCUT2D eigenvalue weighted by Gasteiger charge is -2.41. The lowest BCUT2D eigenvalue weighted by atomic mass is 9.91. The molecule has 2 aromatic heterocycles. The van der Waals surface area contributed by atoms with Crippen LogP contribution in [-0.2, 0) is 11.3 Å². The van der Waals surface area contributed by atoms with Gasteiger partial charge in [0.05, 0.1) is 18.3 Å². The zero-order valence-electron chi connectivity index (χ0n) is 17.0. The van der Waals surface area contributed by atoms with E-state index in [0.29, 0.717) is 24.2 Å². The molecule has 0 bridgehead atoms. The summed E-state index contributed by atoms with van der Waals surface area (Å²) in [4.78, 5) is 21.8. The number of aliphatic hydroxyl groups is 1. The van der Waals surface area contributed by atoms with Gasteiger partial charge in [0.2, 0.25) is 5.91 Å². The van der Waals surface area contributed by atoms with Gasteiger partial charge >= 0.3 is 0 Å². The fourth-order valence-corrected chi connectivity index (χ4v) is 5.17. The van der Waals surface area contributed by atoms with Crippen LogP contribution in [0.15, 0.2) is 12.3 Å². The SMILES string of the molecule is Cc1cc(C2CC2)cn2c(Cl)c(CN3CCN(C4CCC(O)CC4)C(=O)C3)nc12. The molecule has 1 aliphatic heterocycles. The molecule has 2 aromatic rings. The van der Waals surface area contributed by atoms with Crippen molar-refractivity contribution in [2.45, 2.75) is 70.1 Å². The van der Waals surface area contributed by atoms with Crippen LogP contribution in [0.5, 0.6) is 0 Å². The summed E-state index contributed by atoms with van der Waals surface area (Å²) in [7, 11) is 0. The van der Waals surface area contributed by atoms with Gasteiger partial charge in [-0.25, -0.2) is 4.98 Å². The number of piperazine rings is 1. The number of rotatable bonds is 4. The van der Waals surface area contributed by atoms with Crippen LogP contribution < -0.4 is 0 Å². The van der Waals surface area contributed by atoms with Gasteiger partial charge < -0.3 is 10.0 Å². The zero-order chi connectivity index (χ0) is 20.1. The second-order valence-corrected chi connectivity index (χ2v) is 9.39. The van der Waals surface area contributed by atoms with E-state index in [1.165, 1.54) is 18.4 Å². The van der Waals surface area contributed by atoms with E-state index in [4.69, 9.17) is 16.6 Å². The largest absolute Gasteiger partial charge is 0.393 e. The Morgan fingerprint density at radius 1 is 1.17 bits per heavy atom. The van der Waals surface area contributed by atoms with Crippen LogP contribution in [0.4, 0.5) is 0 Å². The monoisotopic (exact) mass is 416 g/mol. The number of imidazole rings is 1. The molecule has 1 saturated heterocycles. The van der Waals surface area contributed by atoms with Crippen molar-refractivity contribution in [3.63, 3.8) is 0 Å². The maximum atomic E-state index is 12.8. The molecule has 0 radical (unpaired) electrons. The molecule has 2 aliphatic carbocycles. The highest BCUT2D eigenvalue weighted by atomic mass is 35.5. The normalized spacial score (nSPS) is 26.4. The number of halogens is 1. The number of carbonyl (C=O) groups is 1. The van der Waals surface area contributed by atoms with E-state index in [9.17, 15) is 9.90 Å². The van der Waals surface area contributed by atoms with Crippen LogP contribution in [0.25, 0.3) is 5.65 Å². The van der Waals surface area contributed by atoms with Gasteiger partial charge in [-0.15, -0.1) is 0 Å². The van der Waals surface area contributed by atoms with Crippen molar-refractivity contribution in [2.24, 2.45) is 0 Å². The third-order valence-corrected chi connectivity index (χ3v) is 7.20. The molecular weight excluding hydrogens is 388 g/mol. The molecule has 29 heavy (non-hydrogen) atoms. The van der Waals surface area contributed by atoms with E-state index in [2.05, 4.69) is 24.1 Å². The molecule has 0 atom stereocenters. The van der Waals surface area contributed by atoms with E-state index >= 15 is 0 Å². The Labute approximate surface area is 176 Å². The molecule has 3 heterocycles. The van der Waals surface area contributed by atoms with Gasteiger partial charge in [-0.3, -0.25) is 14.1 Å². The minimum absolute atomic E-state index is 0.185. The van der Waals surface area contributed by atoms with Crippen LogP contribution in [0.3, 0.4) is 0 Å². The molecule has 1 amide bonds. The van der Waals surface area contributed by atoms with Crippen LogP contribution in [0, 0.1) is 6.92 Å². The summed E-state index contributed by atoms with van der Waals surface area (Å²) in [5.41, 5.74) is 4.27. The average Bonchev–Trinajstić information content (AvgIpc) is 3.50. The second kappa shape index (κ2) is 7.56. The van der Waals surface area contributed by atoms with Gasteiger partial charge in [0.15, 0.2) is 0 Å². The summed E-state index contributed by atoms with van der Waals surface area (Å²) in [6.45, 7) is 4.69. The highest BCUT2D eigenvalue weighted by Gasteiger charge is 2.32. The molecule has 156 valence electrons. The molecule has 0 aromatic carbocycles. The number of aryl methyl sites for hydroxylation is 1. The molecule has 3 aliphatic rings. The Morgan fingerprint density at radius 2 is 1.93 bits per heavy atom. The van der Waals surface area contributed by atoms with E-state index in [0.717, 1.165) is 55.7 Å². The van der Waals surface area contributed by atoms with Crippen LogP contribution >= 0.6 is 11.6 Å².